The molecule has 0 unspecified atom stereocenters. The Hall–Kier alpha value is -2.13. The van der Waals surface area contributed by atoms with Gasteiger partial charge in [-0.25, -0.2) is 0 Å². The highest BCUT2D eigenvalue weighted by atomic mass is 16.5. The first-order valence-corrected chi connectivity index (χ1v) is 7.87. The molecular formula is C19H19NO2. The van der Waals surface area contributed by atoms with Gasteiger partial charge in [0.25, 0.3) is 0 Å². The van der Waals surface area contributed by atoms with Gasteiger partial charge < -0.3 is 9.64 Å². The maximum absolute atomic E-state index is 12.5. The van der Waals surface area contributed by atoms with E-state index in [1.54, 1.807) is 0 Å². The lowest BCUT2D eigenvalue weighted by atomic mass is 9.88. The van der Waals surface area contributed by atoms with Crippen LogP contribution in [0.2, 0.25) is 0 Å². The fourth-order valence-corrected chi connectivity index (χ4v) is 3.67. The van der Waals surface area contributed by atoms with Crippen molar-refractivity contribution in [2.24, 2.45) is 0 Å². The van der Waals surface area contributed by atoms with Crippen LogP contribution in [0.3, 0.4) is 0 Å². The number of ether oxygens (including phenoxy) is 1. The van der Waals surface area contributed by atoms with Crippen LogP contribution in [0.15, 0.2) is 60.7 Å². The van der Waals surface area contributed by atoms with Crippen LogP contribution in [0, 0.1) is 0 Å². The van der Waals surface area contributed by atoms with Gasteiger partial charge in [-0.3, -0.25) is 4.79 Å². The van der Waals surface area contributed by atoms with Crippen molar-refractivity contribution in [2.75, 3.05) is 6.61 Å². The van der Waals surface area contributed by atoms with Gasteiger partial charge in [0.05, 0.1) is 12.6 Å². The number of hydrogen-bond acceptors (Lipinski definition) is 2. The lowest BCUT2D eigenvalue weighted by Crippen LogP contribution is -2.45. The molecule has 3 nitrogen and oxygen atoms in total. The van der Waals surface area contributed by atoms with Crippen LogP contribution < -0.4 is 0 Å². The maximum Gasteiger partial charge on any atom is 0.225 e. The molecule has 4 rings (SSSR count). The average molecular weight is 293 g/mol. The molecular weight excluding hydrogens is 274 g/mol. The van der Waals surface area contributed by atoms with Crippen molar-refractivity contribution in [2.45, 2.75) is 31.0 Å². The van der Waals surface area contributed by atoms with Crippen molar-refractivity contribution in [1.29, 1.82) is 0 Å². The lowest BCUT2D eigenvalue weighted by Gasteiger charge is -2.38. The van der Waals surface area contributed by atoms with E-state index in [9.17, 15) is 4.79 Å². The summed E-state index contributed by atoms with van der Waals surface area (Å²) >= 11 is 0. The number of benzene rings is 2. The van der Waals surface area contributed by atoms with E-state index in [2.05, 4.69) is 36.4 Å². The molecule has 0 saturated carbocycles. The van der Waals surface area contributed by atoms with Crippen molar-refractivity contribution in [1.82, 2.24) is 4.90 Å². The molecule has 22 heavy (non-hydrogen) atoms. The second kappa shape index (κ2) is 5.58. The minimum Gasteiger partial charge on any atom is -0.355 e. The van der Waals surface area contributed by atoms with Crippen molar-refractivity contribution in [3.8, 4) is 0 Å². The number of hydrogen-bond donors (Lipinski definition) is 0. The summed E-state index contributed by atoms with van der Waals surface area (Å²) in [6, 6.07) is 20.7. The number of piperidine rings is 1. The molecule has 0 aliphatic carbocycles. The number of rotatable bonds is 2. The Balaban J connectivity index is 1.66. The number of fused-ring (bicyclic) bond motifs is 1. The third kappa shape index (κ3) is 2.22. The maximum atomic E-state index is 12.5. The summed E-state index contributed by atoms with van der Waals surface area (Å²) in [5.74, 6) is 0.483. The number of carbonyl (C=O) groups is 1. The molecule has 2 saturated heterocycles. The van der Waals surface area contributed by atoms with Gasteiger partial charge in [-0.15, -0.1) is 0 Å². The molecule has 112 valence electrons. The molecule has 0 radical (unpaired) electrons. The average Bonchev–Trinajstić information content (AvgIpc) is 3.03. The summed E-state index contributed by atoms with van der Waals surface area (Å²) < 4.78 is 6.07. The first-order chi connectivity index (χ1) is 10.8. The number of amides is 1. The monoisotopic (exact) mass is 293 g/mol. The molecule has 3 heteroatoms. The van der Waals surface area contributed by atoms with E-state index in [1.165, 1.54) is 5.56 Å². The van der Waals surface area contributed by atoms with Crippen molar-refractivity contribution >= 4 is 5.91 Å². The molecule has 0 aromatic heterocycles. The molecule has 0 bridgehead atoms. The van der Waals surface area contributed by atoms with Gasteiger partial charge in [-0.05, 0) is 17.5 Å². The zero-order chi connectivity index (χ0) is 14.9. The predicted molar refractivity (Wildman–Crippen MR) is 84.2 cm³/mol. The molecule has 0 N–H and O–H groups in total. The van der Waals surface area contributed by atoms with Crippen LogP contribution in [0.5, 0.6) is 0 Å². The predicted octanol–water partition coefficient (Wildman–Crippen LogP) is 3.49. The smallest absolute Gasteiger partial charge is 0.225 e. The standard InChI is InChI=1S/C19H19NO2/c21-18-12-11-16(14-7-3-1-4-8-14)19-20(18)17(13-22-19)15-9-5-2-6-10-15/h1-10,16-17,19H,11-13H2/t16-,17+,19-/m1/s1. The van der Waals surface area contributed by atoms with Crippen LogP contribution in [0.25, 0.3) is 0 Å². The van der Waals surface area contributed by atoms with E-state index in [-0.39, 0.29) is 24.1 Å². The van der Waals surface area contributed by atoms with Gasteiger partial charge in [0, 0.05) is 12.3 Å². The number of nitrogens with zero attached hydrogens (tertiary/aromatic N) is 1. The first kappa shape index (κ1) is 13.5. The van der Waals surface area contributed by atoms with Gasteiger partial charge in [0.2, 0.25) is 5.91 Å². The van der Waals surface area contributed by atoms with Crippen molar-refractivity contribution in [3.63, 3.8) is 0 Å². The first-order valence-electron chi connectivity index (χ1n) is 7.87. The molecule has 2 aliphatic heterocycles. The van der Waals surface area contributed by atoms with E-state index in [4.69, 9.17) is 4.74 Å². The Kier molecular flexibility index (Phi) is 3.43. The summed E-state index contributed by atoms with van der Waals surface area (Å²) in [6.07, 6.45) is 1.34. The number of carbonyl (C=O) groups excluding carboxylic acids is 1. The van der Waals surface area contributed by atoms with Gasteiger partial charge in [-0.2, -0.15) is 0 Å². The zero-order valence-electron chi connectivity index (χ0n) is 12.4. The highest BCUT2D eigenvalue weighted by Crippen LogP contribution is 2.42. The van der Waals surface area contributed by atoms with Crippen molar-refractivity contribution in [3.05, 3.63) is 71.8 Å². The second-order valence-electron chi connectivity index (χ2n) is 6.01. The quantitative estimate of drug-likeness (QED) is 0.848. The minimum absolute atomic E-state index is 0.0465. The Morgan fingerprint density at radius 2 is 1.55 bits per heavy atom. The summed E-state index contributed by atoms with van der Waals surface area (Å²) in [6.45, 7) is 0.587. The van der Waals surface area contributed by atoms with Crippen LogP contribution in [0.1, 0.15) is 35.9 Å². The minimum atomic E-state index is -0.131. The normalized spacial score (nSPS) is 27.7. The summed E-state index contributed by atoms with van der Waals surface area (Å²) in [7, 11) is 0. The molecule has 2 fully saturated rings. The Labute approximate surface area is 130 Å². The van der Waals surface area contributed by atoms with Crippen LogP contribution >= 0.6 is 0 Å². The Bertz CT molecular complexity index is 656. The molecule has 2 aliphatic rings. The van der Waals surface area contributed by atoms with Crippen LogP contribution in [-0.4, -0.2) is 23.6 Å². The van der Waals surface area contributed by atoms with Gasteiger partial charge in [-0.1, -0.05) is 60.7 Å². The van der Waals surface area contributed by atoms with E-state index < -0.39 is 0 Å². The topological polar surface area (TPSA) is 29.5 Å². The Morgan fingerprint density at radius 3 is 2.23 bits per heavy atom. The third-order valence-electron chi connectivity index (χ3n) is 4.75. The van der Waals surface area contributed by atoms with Gasteiger partial charge >= 0.3 is 0 Å². The third-order valence-corrected chi connectivity index (χ3v) is 4.75. The molecule has 2 aromatic rings. The van der Waals surface area contributed by atoms with E-state index in [1.807, 2.05) is 29.2 Å². The summed E-state index contributed by atoms with van der Waals surface area (Å²) in [4.78, 5) is 14.5. The second-order valence-corrected chi connectivity index (χ2v) is 6.01. The summed E-state index contributed by atoms with van der Waals surface area (Å²) in [5, 5.41) is 0. The van der Waals surface area contributed by atoms with Gasteiger partial charge in [0.1, 0.15) is 6.23 Å². The fourth-order valence-electron chi connectivity index (χ4n) is 3.67. The highest BCUT2D eigenvalue weighted by molar-refractivity contribution is 5.78. The molecule has 1 amide bonds. The molecule has 0 spiro atoms. The fraction of sp³-hybridized carbons (Fsp3) is 0.316. The molecule has 2 aromatic carbocycles. The van der Waals surface area contributed by atoms with E-state index >= 15 is 0 Å². The summed E-state index contributed by atoms with van der Waals surface area (Å²) in [5.41, 5.74) is 2.42. The van der Waals surface area contributed by atoms with E-state index in [0.717, 1.165) is 12.0 Å². The Morgan fingerprint density at radius 1 is 0.909 bits per heavy atom. The molecule has 3 atom stereocenters. The largest absolute Gasteiger partial charge is 0.355 e. The van der Waals surface area contributed by atoms with Crippen LogP contribution in [0.4, 0.5) is 0 Å². The lowest BCUT2D eigenvalue weighted by molar-refractivity contribution is -0.144. The van der Waals surface area contributed by atoms with Crippen LogP contribution in [-0.2, 0) is 9.53 Å². The molecule has 2 heterocycles. The van der Waals surface area contributed by atoms with E-state index in [0.29, 0.717) is 13.0 Å². The van der Waals surface area contributed by atoms with Gasteiger partial charge in [0.15, 0.2) is 0 Å². The zero-order valence-corrected chi connectivity index (χ0v) is 12.4. The highest BCUT2D eigenvalue weighted by Gasteiger charge is 2.45. The SMILES string of the molecule is O=C1CC[C@H](c2ccccc2)[C@H]2OC[C@@H](c3ccccc3)N12. The van der Waals surface area contributed by atoms with Crippen molar-refractivity contribution < 1.29 is 9.53 Å².